The minimum Gasteiger partial charge on any atom is -0.319 e. The van der Waals surface area contributed by atoms with Crippen molar-refractivity contribution in [2.45, 2.75) is 42.0 Å². The number of rotatable bonds is 9. The smallest absolute Gasteiger partial charge is 0.319 e. The first-order valence-electron chi connectivity index (χ1n) is 6.31. The second-order valence-electron chi connectivity index (χ2n) is 4.94. The van der Waals surface area contributed by atoms with Crippen molar-refractivity contribution in [1.29, 1.82) is 0 Å². The van der Waals surface area contributed by atoms with Crippen molar-refractivity contribution in [3.8, 4) is 0 Å². The Morgan fingerprint density at radius 1 is 0.793 bits per heavy atom. The normalized spacial score (nSPS) is 21.0. The highest BCUT2D eigenvalue weighted by molar-refractivity contribution is 7.63. The second-order valence-corrected chi connectivity index (χ2v) is 8.35. The van der Waals surface area contributed by atoms with E-state index in [4.69, 9.17) is 0 Å². The minimum atomic E-state index is -8.04. The lowest BCUT2D eigenvalue weighted by atomic mass is 9.91. The maximum atomic E-state index is 13.5. The number of alkyl halides is 14. The number of halogens is 14. The molecule has 0 amide bonds. The number of nitrogens with one attached hydrogen (secondary N) is 1. The summed E-state index contributed by atoms with van der Waals surface area (Å²) in [6, 6.07) is 0. The van der Waals surface area contributed by atoms with Gasteiger partial charge in [0.05, 0.1) is 0 Å². The number of nitrogens with zero attached hydrogens (tertiary/aromatic N) is 2. The van der Waals surface area contributed by atoms with Crippen LogP contribution in [0.4, 0.5) is 61.5 Å². The summed E-state index contributed by atoms with van der Waals surface area (Å²) in [6.07, 6.45) is -5.72. The predicted molar refractivity (Wildman–Crippen MR) is 70.4 cm³/mol. The van der Waals surface area contributed by atoms with E-state index in [0.717, 1.165) is 0 Å². The molecule has 1 atom stereocenters. The molecule has 0 radical (unpaired) electrons. The molecule has 0 bridgehead atoms. The molecule has 29 heavy (non-hydrogen) atoms. The van der Waals surface area contributed by atoms with Gasteiger partial charge in [-0.25, -0.2) is 8.78 Å². The Morgan fingerprint density at radius 3 is 1.69 bits per heavy atom. The summed E-state index contributed by atoms with van der Waals surface area (Å²) < 4.78 is 193. The van der Waals surface area contributed by atoms with Crippen molar-refractivity contribution in [1.82, 2.24) is 4.86 Å². The summed E-state index contributed by atoms with van der Waals surface area (Å²) in [5.74, 6) is -44.9. The molecule has 0 aromatic carbocycles. The third-order valence-electron chi connectivity index (χ3n) is 3.04. The van der Waals surface area contributed by atoms with E-state index in [0.29, 0.717) is 0 Å². The van der Waals surface area contributed by atoms with E-state index in [1.165, 1.54) is 0 Å². The molecule has 1 aliphatic heterocycles. The van der Waals surface area contributed by atoms with Crippen molar-refractivity contribution in [3.63, 3.8) is 0 Å². The van der Waals surface area contributed by atoms with Gasteiger partial charge in [-0.1, -0.05) is 0 Å². The molecule has 0 fully saturated rings. The fourth-order valence-electron chi connectivity index (χ4n) is 1.41. The summed E-state index contributed by atoms with van der Waals surface area (Å²) in [4.78, 5) is 2.03. The van der Waals surface area contributed by atoms with E-state index in [2.05, 4.69) is 13.6 Å². The zero-order chi connectivity index (χ0) is 23.1. The Bertz CT molecular complexity index is 656. The molecule has 0 aromatic rings. The Hall–Kier alpha value is -0.430. The number of hydrogen-bond acceptors (Lipinski definition) is 4. The van der Waals surface area contributed by atoms with Gasteiger partial charge in [-0.2, -0.15) is 66.6 Å². The topological polar surface area (TPSA) is 46.0 Å². The van der Waals surface area contributed by atoms with Gasteiger partial charge in [-0.05, 0) is 0 Å². The van der Waals surface area contributed by atoms with Crippen LogP contribution in [0, 0.1) is 0 Å². The predicted octanol–water partition coefficient (Wildman–Crippen LogP) is 7.00. The monoisotopic (exact) mass is 517 g/mol. The molecule has 1 heterocycles. The van der Waals surface area contributed by atoms with Gasteiger partial charge in [0.2, 0.25) is 8.45 Å². The Morgan fingerprint density at radius 2 is 1.28 bits per heavy atom. The van der Waals surface area contributed by atoms with E-state index in [9.17, 15) is 61.5 Å². The van der Waals surface area contributed by atoms with Crippen LogP contribution in [0.2, 0.25) is 0 Å². The van der Waals surface area contributed by atoms with E-state index in [-0.39, 0.29) is 17.0 Å². The molecule has 4 nitrogen and oxygen atoms in total. The van der Waals surface area contributed by atoms with Crippen LogP contribution >= 0.6 is 25.5 Å². The van der Waals surface area contributed by atoms with Crippen LogP contribution in [0.1, 0.15) is 0 Å². The van der Waals surface area contributed by atoms with Gasteiger partial charge in [0, 0.05) is 0 Å². The molecule has 0 spiro atoms. The molecule has 0 saturated heterocycles. The Balaban J connectivity index is 3.24. The third-order valence-corrected chi connectivity index (χ3v) is 6.10. The fraction of sp³-hybridized carbons (Fsp3) is 1.00. The lowest BCUT2D eigenvalue weighted by Crippen LogP contribution is -2.72. The van der Waals surface area contributed by atoms with Crippen LogP contribution in [-0.4, -0.2) is 48.6 Å². The average molecular weight is 517 g/mol. The first-order valence-corrected chi connectivity index (χ1v) is 9.17. The van der Waals surface area contributed by atoms with Crippen LogP contribution in [-0.2, 0) is 4.52 Å². The van der Waals surface area contributed by atoms with Crippen molar-refractivity contribution in [3.05, 3.63) is 0 Å². The highest BCUT2D eigenvalue weighted by Gasteiger charge is 2.91. The van der Waals surface area contributed by atoms with Crippen molar-refractivity contribution in [2.24, 2.45) is 9.03 Å². The summed E-state index contributed by atoms with van der Waals surface area (Å²) in [6.45, 7) is -2.80. The highest BCUT2D eigenvalue weighted by Crippen LogP contribution is 2.61. The van der Waals surface area contributed by atoms with Gasteiger partial charge in [-0.15, -0.1) is 0 Å². The zero-order valence-electron chi connectivity index (χ0n) is 12.7. The third kappa shape index (κ3) is 4.32. The standard InChI is InChI=1S/C8H4F14N3OP3/c9-2(10)4(13,14)6(17,18)8(21,22)7(19,20)5(15,16)3(11,12)1-26-29-24-27-23-28-25-29/h2H,1H2,(H,23,24,25). The lowest BCUT2D eigenvalue weighted by molar-refractivity contribution is -0.433. The van der Waals surface area contributed by atoms with E-state index < -0.39 is 57.0 Å². The van der Waals surface area contributed by atoms with Crippen molar-refractivity contribution in [2.75, 3.05) is 6.61 Å². The van der Waals surface area contributed by atoms with Gasteiger partial charge >= 0.3 is 42.0 Å². The zero-order valence-corrected chi connectivity index (χ0v) is 15.4. The van der Waals surface area contributed by atoms with Crippen LogP contribution in [0.5, 0.6) is 0 Å². The summed E-state index contributed by atoms with van der Waals surface area (Å²) in [5.41, 5.74) is 0. The molecular weight excluding hydrogens is 513 g/mol. The van der Waals surface area contributed by atoms with Gasteiger partial charge in [0.25, 0.3) is 0 Å². The molecule has 21 heteroatoms. The Labute approximate surface area is 155 Å². The second kappa shape index (κ2) is 8.25. The SMILES string of the molecule is FC(F)C(F)(F)C(F)(F)C(F)(F)C(F)(F)C(F)(F)C(F)(F)COP1N=PN=PN1. The van der Waals surface area contributed by atoms with Crippen LogP contribution in [0.15, 0.2) is 9.03 Å². The maximum Gasteiger partial charge on any atom is 0.384 e. The average Bonchev–Trinajstić information content (AvgIpc) is 2.59. The molecule has 0 saturated carbocycles. The largest absolute Gasteiger partial charge is 0.384 e. The quantitative estimate of drug-likeness (QED) is 0.265. The minimum absolute atomic E-state index is 0.0789. The maximum absolute atomic E-state index is 13.5. The van der Waals surface area contributed by atoms with Crippen LogP contribution in [0.25, 0.3) is 0 Å². The van der Waals surface area contributed by atoms with Gasteiger partial charge in [0.1, 0.15) is 15.1 Å². The molecule has 0 aliphatic carbocycles. The van der Waals surface area contributed by atoms with Gasteiger partial charge in [0.15, 0.2) is 8.52 Å². The first kappa shape index (κ1) is 26.6. The summed E-state index contributed by atoms with van der Waals surface area (Å²) >= 11 is 0. The summed E-state index contributed by atoms with van der Waals surface area (Å²) in [7, 11) is -2.81. The molecule has 1 N–H and O–H groups in total. The fourth-order valence-corrected chi connectivity index (χ4v) is 4.39. The van der Waals surface area contributed by atoms with Crippen LogP contribution < -0.4 is 4.86 Å². The molecule has 1 unspecified atom stereocenters. The van der Waals surface area contributed by atoms with Gasteiger partial charge in [-0.3, -0.25) is 0 Å². The van der Waals surface area contributed by atoms with Crippen molar-refractivity contribution < 1.29 is 66.0 Å². The Kier molecular flexibility index (Phi) is 7.57. The van der Waals surface area contributed by atoms with Crippen LogP contribution in [0.3, 0.4) is 0 Å². The van der Waals surface area contributed by atoms with E-state index in [1.807, 2.05) is 4.86 Å². The van der Waals surface area contributed by atoms with Gasteiger partial charge < -0.3 is 4.52 Å². The molecular formula is C8H4F14N3OP3. The summed E-state index contributed by atoms with van der Waals surface area (Å²) in [5, 5.41) is 0. The van der Waals surface area contributed by atoms with Crippen molar-refractivity contribution >= 4 is 25.5 Å². The lowest BCUT2D eigenvalue weighted by Gasteiger charge is -2.41. The molecule has 1 rings (SSSR count). The van der Waals surface area contributed by atoms with E-state index in [1.54, 1.807) is 0 Å². The highest BCUT2D eigenvalue weighted by atomic mass is 31.2. The molecule has 170 valence electrons. The number of hydrogen-bond donors (Lipinski definition) is 1. The molecule has 0 aromatic heterocycles. The first-order chi connectivity index (χ1) is 12.8. The molecule has 1 aliphatic rings. The van der Waals surface area contributed by atoms with E-state index >= 15 is 0 Å².